The first-order chi connectivity index (χ1) is 11.5. The van der Waals surface area contributed by atoms with Crippen LogP contribution in [0.5, 0.6) is 0 Å². The van der Waals surface area contributed by atoms with Crippen molar-refractivity contribution in [1.29, 1.82) is 0 Å². The molecule has 0 heterocycles. The van der Waals surface area contributed by atoms with Crippen LogP contribution in [0.4, 0.5) is 0 Å². The maximum absolute atomic E-state index is 12.7. The maximum Gasteiger partial charge on any atom is 0.331 e. The summed E-state index contributed by atoms with van der Waals surface area (Å²) in [4.78, 5) is 0. The first-order valence-corrected chi connectivity index (χ1v) is 13.4. The summed E-state index contributed by atoms with van der Waals surface area (Å²) < 4.78 is 73.7. The van der Waals surface area contributed by atoms with Gasteiger partial charge in [0.1, 0.15) is 0 Å². The van der Waals surface area contributed by atoms with Gasteiger partial charge in [0.05, 0.1) is 51.6 Å². The van der Waals surface area contributed by atoms with Crippen LogP contribution >= 0.6 is 15.2 Å². The predicted molar refractivity (Wildman–Crippen MR) is 95.7 cm³/mol. The van der Waals surface area contributed by atoms with Gasteiger partial charge >= 0.3 is 15.2 Å². The van der Waals surface area contributed by atoms with Crippen LogP contribution in [0.25, 0.3) is 0 Å². The summed E-state index contributed by atoms with van der Waals surface area (Å²) in [5, 5.41) is 0. The van der Waals surface area contributed by atoms with Gasteiger partial charge in [-0.3, -0.25) is 13.3 Å². The molecule has 0 aliphatic carbocycles. The number of hydrogen-bond donors (Lipinski definition) is 0. The molecule has 0 aromatic carbocycles. The third-order valence-electron chi connectivity index (χ3n) is 2.78. The molecule has 0 radical (unpaired) electrons. The molecule has 0 aromatic heterocycles. The molecule has 152 valence electrons. The Morgan fingerprint density at radius 2 is 1.08 bits per heavy atom. The Morgan fingerprint density at radius 1 is 0.760 bits per heavy atom. The standard InChI is InChI=1S/C13H30O9P2S/c1-6-18-23(14,19-7-2)11-13(10-22-25(5,16)17)12-24(15,20-8-3)21-9-4/h13H,6-12H2,1-5H3. The van der Waals surface area contributed by atoms with Gasteiger partial charge in [-0.15, -0.1) is 0 Å². The van der Waals surface area contributed by atoms with Crippen molar-refractivity contribution in [2.75, 3.05) is 51.6 Å². The summed E-state index contributed by atoms with van der Waals surface area (Å²) >= 11 is 0. The summed E-state index contributed by atoms with van der Waals surface area (Å²) in [5.74, 6) is -0.720. The number of rotatable bonds is 15. The second-order valence-electron chi connectivity index (χ2n) is 5.11. The van der Waals surface area contributed by atoms with Gasteiger partial charge in [-0.05, 0) is 27.7 Å². The second kappa shape index (κ2) is 11.8. The van der Waals surface area contributed by atoms with Gasteiger partial charge in [0.15, 0.2) is 0 Å². The topological polar surface area (TPSA) is 114 Å². The molecule has 0 aromatic rings. The van der Waals surface area contributed by atoms with Crippen molar-refractivity contribution in [1.82, 2.24) is 0 Å². The van der Waals surface area contributed by atoms with Crippen LogP contribution < -0.4 is 0 Å². The lowest BCUT2D eigenvalue weighted by Gasteiger charge is -2.25. The molecular formula is C13H30O9P2S. The zero-order valence-electron chi connectivity index (χ0n) is 15.5. The van der Waals surface area contributed by atoms with E-state index in [-0.39, 0.29) is 45.4 Å². The third-order valence-corrected chi connectivity index (χ3v) is 7.88. The molecule has 0 amide bonds. The van der Waals surface area contributed by atoms with Crippen LogP contribution in [0.1, 0.15) is 27.7 Å². The van der Waals surface area contributed by atoms with E-state index in [1.807, 2.05) is 0 Å². The summed E-state index contributed by atoms with van der Waals surface area (Å²) in [6, 6.07) is 0. The molecule has 12 heteroatoms. The van der Waals surface area contributed by atoms with Gasteiger partial charge in [-0.1, -0.05) is 0 Å². The molecule has 9 nitrogen and oxygen atoms in total. The Balaban J connectivity index is 5.38. The average Bonchev–Trinajstić information content (AvgIpc) is 2.44. The Kier molecular flexibility index (Phi) is 11.9. The van der Waals surface area contributed by atoms with E-state index >= 15 is 0 Å². The molecule has 0 aliphatic rings. The third kappa shape index (κ3) is 11.5. The average molecular weight is 424 g/mol. The van der Waals surface area contributed by atoms with Gasteiger partial charge in [-0.2, -0.15) is 8.42 Å². The normalized spacial score (nSPS) is 13.5. The van der Waals surface area contributed by atoms with Crippen molar-refractivity contribution in [2.24, 2.45) is 5.92 Å². The fraction of sp³-hybridized carbons (Fsp3) is 1.00. The lowest BCUT2D eigenvalue weighted by Crippen LogP contribution is -2.23. The van der Waals surface area contributed by atoms with Gasteiger partial charge < -0.3 is 18.1 Å². The molecule has 0 unspecified atom stereocenters. The smallest absolute Gasteiger partial charge is 0.309 e. The molecule has 0 aliphatic heterocycles. The van der Waals surface area contributed by atoms with Crippen LogP contribution in [0.2, 0.25) is 0 Å². The van der Waals surface area contributed by atoms with Crippen molar-refractivity contribution in [3.05, 3.63) is 0 Å². The lowest BCUT2D eigenvalue weighted by molar-refractivity contribution is 0.197. The molecule has 0 saturated carbocycles. The van der Waals surface area contributed by atoms with Crippen molar-refractivity contribution in [3.63, 3.8) is 0 Å². The SMILES string of the molecule is CCOP(=O)(CC(COS(C)(=O)=O)CP(=O)(OCC)OCC)OCC. The highest BCUT2D eigenvalue weighted by Crippen LogP contribution is 2.54. The van der Waals surface area contributed by atoms with Crippen LogP contribution in [0, 0.1) is 5.92 Å². The summed E-state index contributed by atoms with van der Waals surface area (Å²) in [6.45, 7) is 6.97. The van der Waals surface area contributed by atoms with E-state index in [1.165, 1.54) is 0 Å². The quantitative estimate of drug-likeness (QED) is 0.289. The minimum absolute atomic E-state index is 0.158. The Labute approximate surface area is 150 Å². The fourth-order valence-electron chi connectivity index (χ4n) is 2.09. The van der Waals surface area contributed by atoms with Gasteiger partial charge in [-0.25, -0.2) is 0 Å². The van der Waals surface area contributed by atoms with Gasteiger partial charge in [0, 0.05) is 5.92 Å². The summed E-state index contributed by atoms with van der Waals surface area (Å²) in [7, 11) is -10.7. The van der Waals surface area contributed by atoms with E-state index in [0.29, 0.717) is 0 Å². The molecule has 0 atom stereocenters. The molecular weight excluding hydrogens is 394 g/mol. The Morgan fingerprint density at radius 3 is 1.32 bits per heavy atom. The van der Waals surface area contributed by atoms with E-state index in [4.69, 9.17) is 22.3 Å². The predicted octanol–water partition coefficient (Wildman–Crippen LogP) is 3.11. The van der Waals surface area contributed by atoms with Gasteiger partial charge in [0.25, 0.3) is 10.1 Å². The van der Waals surface area contributed by atoms with E-state index in [9.17, 15) is 17.5 Å². The van der Waals surface area contributed by atoms with Gasteiger partial charge in [0.2, 0.25) is 0 Å². The molecule has 0 N–H and O–H groups in total. The Hall–Kier alpha value is 0.210. The van der Waals surface area contributed by atoms with E-state index in [0.717, 1.165) is 6.26 Å². The van der Waals surface area contributed by atoms with E-state index in [1.54, 1.807) is 27.7 Å². The molecule has 0 fully saturated rings. The maximum atomic E-state index is 12.7. The van der Waals surface area contributed by atoms with Crippen LogP contribution in [0.3, 0.4) is 0 Å². The highest BCUT2D eigenvalue weighted by molar-refractivity contribution is 7.86. The van der Waals surface area contributed by atoms with Crippen LogP contribution in [0.15, 0.2) is 0 Å². The highest BCUT2D eigenvalue weighted by Gasteiger charge is 2.35. The largest absolute Gasteiger partial charge is 0.331 e. The first kappa shape index (κ1) is 25.2. The second-order valence-corrected chi connectivity index (χ2v) is 11.0. The van der Waals surface area contributed by atoms with Crippen molar-refractivity contribution < 1.29 is 39.8 Å². The summed E-state index contributed by atoms with van der Waals surface area (Å²) in [5.41, 5.74) is 0. The molecule has 0 bridgehead atoms. The fourth-order valence-corrected chi connectivity index (χ4v) is 6.61. The highest BCUT2D eigenvalue weighted by atomic mass is 32.2. The zero-order chi connectivity index (χ0) is 19.6. The molecule has 0 saturated heterocycles. The minimum Gasteiger partial charge on any atom is -0.309 e. The Bertz CT molecular complexity index is 512. The molecule has 0 spiro atoms. The lowest BCUT2D eigenvalue weighted by atomic mass is 10.2. The molecule has 0 rings (SSSR count). The number of hydrogen-bond acceptors (Lipinski definition) is 9. The minimum atomic E-state index is -3.72. The molecule has 25 heavy (non-hydrogen) atoms. The first-order valence-electron chi connectivity index (χ1n) is 8.13. The summed E-state index contributed by atoms with van der Waals surface area (Å²) in [6.07, 6.45) is 0.585. The van der Waals surface area contributed by atoms with Crippen molar-refractivity contribution >= 4 is 25.3 Å². The van der Waals surface area contributed by atoms with Crippen LogP contribution in [-0.4, -0.2) is 60.0 Å². The van der Waals surface area contributed by atoms with Crippen molar-refractivity contribution in [2.45, 2.75) is 27.7 Å². The van der Waals surface area contributed by atoms with Crippen LogP contribution in [-0.2, 0) is 41.5 Å². The van der Waals surface area contributed by atoms with E-state index in [2.05, 4.69) is 0 Å². The monoisotopic (exact) mass is 424 g/mol. The van der Waals surface area contributed by atoms with Crippen molar-refractivity contribution in [3.8, 4) is 0 Å². The zero-order valence-corrected chi connectivity index (χ0v) is 18.1. The van der Waals surface area contributed by atoms with E-state index < -0.39 is 31.2 Å².